The maximum Gasteiger partial charge on any atom is 0.211 e. The molecule has 0 aliphatic carbocycles. The highest BCUT2D eigenvalue weighted by Gasteiger charge is 2.28. The van der Waals surface area contributed by atoms with Gasteiger partial charge in [0, 0.05) is 0 Å². The molecule has 0 amide bonds. The summed E-state index contributed by atoms with van der Waals surface area (Å²) in [5, 5.41) is 0. The Labute approximate surface area is 121 Å². The molecule has 19 heavy (non-hydrogen) atoms. The molecule has 0 N–H and O–H groups in total. The van der Waals surface area contributed by atoms with Gasteiger partial charge in [-0.05, 0) is 17.0 Å². The van der Waals surface area contributed by atoms with Crippen LogP contribution >= 0.6 is 21.6 Å². The Morgan fingerprint density at radius 3 is 1.16 bits per heavy atom. The maximum atomic E-state index is 5.43. The molecule has 0 aliphatic rings. The molecule has 0 atom stereocenters. The van der Waals surface area contributed by atoms with Crippen LogP contribution in [0.3, 0.4) is 0 Å². The van der Waals surface area contributed by atoms with Crippen molar-refractivity contribution in [2.24, 2.45) is 0 Å². The van der Waals surface area contributed by atoms with E-state index >= 15 is 0 Å². The van der Waals surface area contributed by atoms with Crippen molar-refractivity contribution >= 4 is 21.6 Å². The molecule has 1 aromatic rings. The van der Waals surface area contributed by atoms with Crippen LogP contribution in [0.2, 0.25) is 0 Å². The van der Waals surface area contributed by atoms with E-state index in [0.29, 0.717) is 28.7 Å². The molecule has 0 saturated heterocycles. The smallest absolute Gasteiger partial charge is 0.211 e. The van der Waals surface area contributed by atoms with Crippen LogP contribution in [-0.2, 0) is 0 Å². The van der Waals surface area contributed by atoms with Gasteiger partial charge in [-0.2, -0.15) is 0 Å². The Morgan fingerprint density at radius 2 is 0.895 bits per heavy atom. The van der Waals surface area contributed by atoms with Crippen LogP contribution < -0.4 is 23.7 Å². The molecule has 5 nitrogen and oxygen atoms in total. The lowest BCUT2D eigenvalue weighted by molar-refractivity contribution is 0.283. The van der Waals surface area contributed by atoms with Crippen LogP contribution in [0.25, 0.3) is 0 Å². The summed E-state index contributed by atoms with van der Waals surface area (Å²) in [4.78, 5) is 0.798. The molecule has 1 aromatic carbocycles. The van der Waals surface area contributed by atoms with Crippen LogP contribution in [0.15, 0.2) is 4.90 Å². The number of hydrogen-bond acceptors (Lipinski definition) is 7. The summed E-state index contributed by atoms with van der Waals surface area (Å²) in [5.41, 5.74) is 0. The van der Waals surface area contributed by atoms with Crippen molar-refractivity contribution in [3.63, 3.8) is 0 Å². The van der Waals surface area contributed by atoms with E-state index in [-0.39, 0.29) is 0 Å². The molecule has 0 bridgehead atoms. The summed E-state index contributed by atoms with van der Waals surface area (Å²) < 4.78 is 27.0. The minimum atomic E-state index is 0.448. The topological polar surface area (TPSA) is 46.2 Å². The molecule has 1 rings (SSSR count). The Hall–Kier alpha value is -1.08. The molecule has 0 aromatic heterocycles. The van der Waals surface area contributed by atoms with Crippen molar-refractivity contribution in [1.29, 1.82) is 0 Å². The average Bonchev–Trinajstić information content (AvgIpc) is 2.45. The summed E-state index contributed by atoms with van der Waals surface area (Å²) in [6, 6.07) is 0. The first-order valence-electron chi connectivity index (χ1n) is 5.34. The second-order valence-electron chi connectivity index (χ2n) is 3.25. The first kappa shape index (κ1) is 16.0. The van der Waals surface area contributed by atoms with E-state index in [2.05, 4.69) is 0 Å². The van der Waals surface area contributed by atoms with Crippen LogP contribution in [0.4, 0.5) is 0 Å². The van der Waals surface area contributed by atoms with Gasteiger partial charge in [0.05, 0.1) is 35.5 Å². The van der Waals surface area contributed by atoms with E-state index in [9.17, 15) is 0 Å². The normalized spacial score (nSPS) is 10.0. The molecular weight excluding hydrogens is 288 g/mol. The highest BCUT2D eigenvalue weighted by molar-refractivity contribution is 8.76. The molecule has 0 aliphatic heterocycles. The first-order chi connectivity index (χ1) is 9.19. The summed E-state index contributed by atoms with van der Waals surface area (Å²) in [7, 11) is 10.9. The van der Waals surface area contributed by atoms with Gasteiger partial charge in [0.1, 0.15) is 4.90 Å². The zero-order valence-corrected chi connectivity index (χ0v) is 13.5. The Kier molecular flexibility index (Phi) is 6.30. The minimum absolute atomic E-state index is 0.448. The number of rotatable bonds is 7. The standard InChI is InChI=1S/C12H18O5S2/c1-13-7-8(14-2)10(16-4)12(19-18-6)11(17-5)9(7)15-3/h1-6H3. The summed E-state index contributed by atoms with van der Waals surface area (Å²) in [5.74, 6) is 2.55. The lowest BCUT2D eigenvalue weighted by Crippen LogP contribution is -2.02. The van der Waals surface area contributed by atoms with Crippen molar-refractivity contribution in [2.75, 3.05) is 41.8 Å². The van der Waals surface area contributed by atoms with Crippen molar-refractivity contribution in [1.82, 2.24) is 0 Å². The number of methoxy groups -OCH3 is 5. The van der Waals surface area contributed by atoms with Crippen molar-refractivity contribution in [3.05, 3.63) is 0 Å². The van der Waals surface area contributed by atoms with Crippen LogP contribution in [0, 0.1) is 0 Å². The van der Waals surface area contributed by atoms with Gasteiger partial charge in [-0.1, -0.05) is 10.8 Å². The Bertz CT molecular complexity index is 404. The molecule has 0 saturated carbocycles. The van der Waals surface area contributed by atoms with Gasteiger partial charge >= 0.3 is 0 Å². The van der Waals surface area contributed by atoms with Gasteiger partial charge in [-0.25, -0.2) is 0 Å². The predicted octanol–water partition coefficient (Wildman–Crippen LogP) is 3.10. The summed E-state index contributed by atoms with van der Waals surface area (Å²) in [6.07, 6.45) is 1.97. The van der Waals surface area contributed by atoms with Gasteiger partial charge in [-0.3, -0.25) is 0 Å². The van der Waals surface area contributed by atoms with E-state index in [1.54, 1.807) is 46.3 Å². The zero-order valence-electron chi connectivity index (χ0n) is 11.9. The lowest BCUT2D eigenvalue weighted by atomic mass is 10.2. The van der Waals surface area contributed by atoms with Gasteiger partial charge in [-0.15, -0.1) is 0 Å². The largest absolute Gasteiger partial charge is 0.491 e. The second-order valence-corrected chi connectivity index (χ2v) is 5.65. The SMILES string of the molecule is COc1c(OC)c(OC)c(SSC)c(OC)c1OC. The van der Waals surface area contributed by atoms with Crippen LogP contribution in [0.5, 0.6) is 28.7 Å². The fourth-order valence-electron chi connectivity index (χ4n) is 1.70. The van der Waals surface area contributed by atoms with Crippen molar-refractivity contribution in [3.8, 4) is 28.7 Å². The molecule has 0 radical (unpaired) electrons. The number of ether oxygens (including phenoxy) is 5. The monoisotopic (exact) mass is 306 g/mol. The fourth-order valence-corrected chi connectivity index (χ4v) is 3.33. The Balaban J connectivity index is 3.68. The predicted molar refractivity (Wildman–Crippen MR) is 78.6 cm³/mol. The molecule has 0 heterocycles. The van der Waals surface area contributed by atoms with Gasteiger partial charge in [0.15, 0.2) is 11.5 Å². The number of benzene rings is 1. The van der Waals surface area contributed by atoms with E-state index in [1.165, 1.54) is 10.8 Å². The van der Waals surface area contributed by atoms with Gasteiger partial charge in [0.2, 0.25) is 17.2 Å². The quantitative estimate of drug-likeness (QED) is 0.717. The first-order valence-corrected chi connectivity index (χ1v) is 7.90. The molecule has 0 unspecified atom stereocenters. The molecular formula is C12H18O5S2. The van der Waals surface area contributed by atoms with Gasteiger partial charge < -0.3 is 23.7 Å². The van der Waals surface area contributed by atoms with E-state index in [4.69, 9.17) is 23.7 Å². The number of hydrogen-bond donors (Lipinski definition) is 0. The molecule has 7 heteroatoms. The third-order valence-corrected chi connectivity index (χ3v) is 4.13. The third-order valence-electron chi connectivity index (χ3n) is 2.42. The molecule has 0 fully saturated rings. The maximum absolute atomic E-state index is 5.43. The second kappa shape index (κ2) is 7.49. The zero-order chi connectivity index (χ0) is 14.4. The summed E-state index contributed by atoms with van der Waals surface area (Å²) >= 11 is 0. The third kappa shape index (κ3) is 2.92. The molecule has 0 spiro atoms. The Morgan fingerprint density at radius 1 is 0.579 bits per heavy atom. The highest BCUT2D eigenvalue weighted by Crippen LogP contribution is 2.58. The van der Waals surface area contributed by atoms with E-state index < -0.39 is 0 Å². The molecule has 108 valence electrons. The average molecular weight is 306 g/mol. The van der Waals surface area contributed by atoms with E-state index in [0.717, 1.165) is 4.90 Å². The van der Waals surface area contributed by atoms with Crippen molar-refractivity contribution in [2.45, 2.75) is 4.90 Å². The van der Waals surface area contributed by atoms with Crippen LogP contribution in [-0.4, -0.2) is 41.8 Å². The van der Waals surface area contributed by atoms with E-state index in [1.807, 2.05) is 6.26 Å². The minimum Gasteiger partial charge on any atom is -0.491 e. The lowest BCUT2D eigenvalue weighted by Gasteiger charge is -2.21. The van der Waals surface area contributed by atoms with Crippen molar-refractivity contribution < 1.29 is 23.7 Å². The van der Waals surface area contributed by atoms with Crippen LogP contribution in [0.1, 0.15) is 0 Å². The fraction of sp³-hybridized carbons (Fsp3) is 0.500. The summed E-state index contributed by atoms with van der Waals surface area (Å²) in [6.45, 7) is 0. The van der Waals surface area contributed by atoms with Gasteiger partial charge in [0.25, 0.3) is 0 Å². The highest BCUT2D eigenvalue weighted by atomic mass is 33.1.